The average Bonchev–Trinajstić information content (AvgIpc) is 2.38. The number of aryl methyl sites for hydroxylation is 1. The van der Waals surface area contributed by atoms with E-state index in [1.165, 1.54) is 18.2 Å². The first-order valence-corrected chi connectivity index (χ1v) is 5.57. The quantitative estimate of drug-likeness (QED) is 0.633. The summed E-state index contributed by atoms with van der Waals surface area (Å²) in [6.45, 7) is 1.92. The number of hydrogen-bond donors (Lipinski definition) is 2. The van der Waals surface area contributed by atoms with E-state index in [4.69, 9.17) is 5.73 Å². The number of H-pyrrole nitrogens is 1. The molecule has 1 heterocycles. The SMILES string of the molecule is Cc1ccc([N+](=O)[O-])cc1-c1nc(CN)cc(=O)[nH]1. The van der Waals surface area contributed by atoms with Gasteiger partial charge in [0.05, 0.1) is 10.6 Å². The number of non-ortho nitro benzene ring substituents is 1. The molecule has 0 saturated carbocycles. The van der Waals surface area contributed by atoms with Crippen LogP contribution in [0.25, 0.3) is 11.4 Å². The van der Waals surface area contributed by atoms with Gasteiger partial charge in [0.2, 0.25) is 0 Å². The van der Waals surface area contributed by atoms with Gasteiger partial charge >= 0.3 is 0 Å². The van der Waals surface area contributed by atoms with Crippen LogP contribution in [0, 0.1) is 17.0 Å². The zero-order valence-electron chi connectivity index (χ0n) is 10.2. The van der Waals surface area contributed by atoms with E-state index < -0.39 is 4.92 Å². The Morgan fingerprint density at radius 2 is 2.16 bits per heavy atom. The predicted molar refractivity (Wildman–Crippen MR) is 69.6 cm³/mol. The van der Waals surface area contributed by atoms with Gasteiger partial charge in [-0.3, -0.25) is 14.9 Å². The molecule has 98 valence electrons. The van der Waals surface area contributed by atoms with Crippen LogP contribution in [0.5, 0.6) is 0 Å². The lowest BCUT2D eigenvalue weighted by molar-refractivity contribution is -0.384. The lowest BCUT2D eigenvalue weighted by Crippen LogP contribution is -2.13. The van der Waals surface area contributed by atoms with E-state index in [-0.39, 0.29) is 23.6 Å². The predicted octanol–water partition coefficient (Wildman–Crippen LogP) is 1.11. The molecular formula is C12H12N4O3. The zero-order valence-corrected chi connectivity index (χ0v) is 10.2. The number of hydrogen-bond acceptors (Lipinski definition) is 5. The van der Waals surface area contributed by atoms with Crippen LogP contribution in [-0.2, 0) is 6.54 Å². The summed E-state index contributed by atoms with van der Waals surface area (Å²) < 4.78 is 0. The molecule has 2 aromatic rings. The molecule has 0 aliphatic carbocycles. The van der Waals surface area contributed by atoms with Crippen LogP contribution >= 0.6 is 0 Å². The Morgan fingerprint density at radius 1 is 1.42 bits per heavy atom. The second kappa shape index (κ2) is 4.99. The minimum absolute atomic E-state index is 0.0543. The van der Waals surface area contributed by atoms with Gasteiger partial charge in [-0.05, 0) is 12.5 Å². The Labute approximate surface area is 108 Å². The summed E-state index contributed by atoms with van der Waals surface area (Å²) in [6, 6.07) is 5.70. The second-order valence-corrected chi connectivity index (χ2v) is 4.05. The van der Waals surface area contributed by atoms with Crippen LogP contribution in [0.1, 0.15) is 11.3 Å². The highest BCUT2D eigenvalue weighted by atomic mass is 16.6. The van der Waals surface area contributed by atoms with Gasteiger partial charge in [0.25, 0.3) is 11.2 Å². The van der Waals surface area contributed by atoms with Crippen molar-refractivity contribution in [3.8, 4) is 11.4 Å². The van der Waals surface area contributed by atoms with E-state index in [0.717, 1.165) is 5.56 Å². The van der Waals surface area contributed by atoms with Crippen LogP contribution in [0.4, 0.5) is 5.69 Å². The van der Waals surface area contributed by atoms with Crippen molar-refractivity contribution in [2.75, 3.05) is 0 Å². The van der Waals surface area contributed by atoms with Crippen LogP contribution in [0.15, 0.2) is 29.1 Å². The molecule has 3 N–H and O–H groups in total. The molecule has 19 heavy (non-hydrogen) atoms. The summed E-state index contributed by atoms with van der Waals surface area (Å²) in [5.41, 5.74) is 6.80. The average molecular weight is 260 g/mol. The highest BCUT2D eigenvalue weighted by Crippen LogP contribution is 2.24. The summed E-state index contributed by atoms with van der Waals surface area (Å²) in [7, 11) is 0. The van der Waals surface area contributed by atoms with Crippen LogP contribution in [0.3, 0.4) is 0 Å². The van der Waals surface area contributed by atoms with Crippen molar-refractivity contribution in [2.24, 2.45) is 5.73 Å². The van der Waals surface area contributed by atoms with Gasteiger partial charge in [0.15, 0.2) is 0 Å². The topological polar surface area (TPSA) is 115 Å². The monoisotopic (exact) mass is 260 g/mol. The number of aromatic amines is 1. The highest BCUT2D eigenvalue weighted by Gasteiger charge is 2.12. The number of rotatable bonds is 3. The number of nitrogens with two attached hydrogens (primary N) is 1. The van der Waals surface area contributed by atoms with Gasteiger partial charge in [-0.25, -0.2) is 4.98 Å². The number of aromatic nitrogens is 2. The molecule has 0 atom stereocenters. The molecular weight excluding hydrogens is 248 g/mol. The number of nitrogens with zero attached hydrogens (tertiary/aromatic N) is 2. The largest absolute Gasteiger partial charge is 0.325 e. The summed E-state index contributed by atoms with van der Waals surface area (Å²) >= 11 is 0. The van der Waals surface area contributed by atoms with Gasteiger partial charge < -0.3 is 10.7 Å². The molecule has 0 bridgehead atoms. The Kier molecular flexibility index (Phi) is 3.39. The van der Waals surface area contributed by atoms with E-state index in [2.05, 4.69) is 9.97 Å². The maximum absolute atomic E-state index is 11.5. The zero-order chi connectivity index (χ0) is 14.0. The van der Waals surface area contributed by atoms with Crippen molar-refractivity contribution in [1.29, 1.82) is 0 Å². The first kappa shape index (κ1) is 12.9. The lowest BCUT2D eigenvalue weighted by atomic mass is 10.1. The molecule has 0 amide bonds. The maximum Gasteiger partial charge on any atom is 0.270 e. The molecule has 2 rings (SSSR count). The number of nitrogens with one attached hydrogen (secondary N) is 1. The Hall–Kier alpha value is -2.54. The lowest BCUT2D eigenvalue weighted by Gasteiger charge is -2.06. The molecule has 0 aliphatic heterocycles. The van der Waals surface area contributed by atoms with Crippen LogP contribution < -0.4 is 11.3 Å². The summed E-state index contributed by atoms with van der Waals surface area (Å²) in [4.78, 5) is 28.5. The summed E-state index contributed by atoms with van der Waals surface area (Å²) in [5, 5.41) is 10.8. The molecule has 1 aromatic heterocycles. The van der Waals surface area contributed by atoms with Gasteiger partial charge in [-0.2, -0.15) is 0 Å². The van der Waals surface area contributed by atoms with E-state index in [0.29, 0.717) is 11.3 Å². The Morgan fingerprint density at radius 3 is 2.79 bits per heavy atom. The van der Waals surface area contributed by atoms with E-state index >= 15 is 0 Å². The van der Waals surface area contributed by atoms with Crippen molar-refractivity contribution in [2.45, 2.75) is 13.5 Å². The standard InChI is InChI=1S/C12H12N4O3/c1-7-2-3-9(16(18)19)5-10(7)12-14-8(6-13)4-11(17)15-12/h2-5H,6,13H2,1H3,(H,14,15,17). The summed E-state index contributed by atoms with van der Waals surface area (Å²) in [6.07, 6.45) is 0. The molecule has 0 aliphatic rings. The third-order valence-corrected chi connectivity index (χ3v) is 2.69. The van der Waals surface area contributed by atoms with E-state index in [1.54, 1.807) is 13.0 Å². The molecule has 0 fully saturated rings. The smallest absolute Gasteiger partial charge is 0.270 e. The third-order valence-electron chi connectivity index (χ3n) is 2.69. The van der Waals surface area contributed by atoms with Crippen molar-refractivity contribution < 1.29 is 4.92 Å². The molecule has 0 saturated heterocycles. The molecule has 7 heteroatoms. The van der Waals surface area contributed by atoms with Crippen molar-refractivity contribution in [3.05, 3.63) is 56.0 Å². The second-order valence-electron chi connectivity index (χ2n) is 4.05. The van der Waals surface area contributed by atoms with Gasteiger partial charge in [-0.1, -0.05) is 6.07 Å². The fourth-order valence-corrected chi connectivity index (χ4v) is 1.72. The van der Waals surface area contributed by atoms with Crippen LogP contribution in [-0.4, -0.2) is 14.9 Å². The molecule has 1 aromatic carbocycles. The maximum atomic E-state index is 11.5. The first-order chi connectivity index (χ1) is 9.01. The van der Waals surface area contributed by atoms with E-state index in [9.17, 15) is 14.9 Å². The van der Waals surface area contributed by atoms with Gasteiger partial charge in [0.1, 0.15) is 5.82 Å². The summed E-state index contributed by atoms with van der Waals surface area (Å²) in [5.74, 6) is 0.286. The fourth-order valence-electron chi connectivity index (χ4n) is 1.72. The minimum atomic E-state index is -0.492. The first-order valence-electron chi connectivity index (χ1n) is 5.57. The number of nitro groups is 1. The Bertz CT molecular complexity index is 694. The van der Waals surface area contributed by atoms with Crippen molar-refractivity contribution in [1.82, 2.24) is 9.97 Å². The number of benzene rings is 1. The minimum Gasteiger partial charge on any atom is -0.325 e. The third kappa shape index (κ3) is 2.66. The van der Waals surface area contributed by atoms with Crippen molar-refractivity contribution in [3.63, 3.8) is 0 Å². The molecule has 0 unspecified atom stereocenters. The molecule has 7 nitrogen and oxygen atoms in total. The molecule has 0 spiro atoms. The fraction of sp³-hybridized carbons (Fsp3) is 0.167. The van der Waals surface area contributed by atoms with Gasteiger partial charge in [0, 0.05) is 30.3 Å². The normalized spacial score (nSPS) is 10.4. The van der Waals surface area contributed by atoms with Gasteiger partial charge in [-0.15, -0.1) is 0 Å². The molecule has 0 radical (unpaired) electrons. The highest BCUT2D eigenvalue weighted by molar-refractivity contribution is 5.63. The van der Waals surface area contributed by atoms with Crippen LogP contribution in [0.2, 0.25) is 0 Å². The number of nitro benzene ring substituents is 1. The van der Waals surface area contributed by atoms with E-state index in [1.807, 2.05) is 0 Å². The van der Waals surface area contributed by atoms with Crippen molar-refractivity contribution >= 4 is 5.69 Å². The Balaban J connectivity index is 2.63.